The zero-order chi connectivity index (χ0) is 22.0. The molecule has 2 aromatic rings. The van der Waals surface area contributed by atoms with E-state index in [4.69, 9.17) is 4.74 Å². The van der Waals surface area contributed by atoms with Crippen LogP contribution in [0.3, 0.4) is 0 Å². The van der Waals surface area contributed by atoms with Crippen molar-refractivity contribution in [2.45, 2.75) is 44.2 Å². The second-order valence-corrected chi connectivity index (χ2v) is 8.05. The SMILES string of the molecule is CC1(c2ccc(F)cc2)NC(=O)N(CC(=O)Nc2cccc(OC3CCCC3)c2)C1=O. The van der Waals surface area contributed by atoms with Gasteiger partial charge in [-0.25, -0.2) is 9.18 Å². The lowest BCUT2D eigenvalue weighted by Crippen LogP contribution is -2.42. The molecule has 31 heavy (non-hydrogen) atoms. The molecule has 1 unspecified atom stereocenters. The van der Waals surface area contributed by atoms with Crippen LogP contribution in [0.15, 0.2) is 48.5 Å². The number of nitrogens with zero attached hydrogens (tertiary/aromatic N) is 1. The first-order valence-corrected chi connectivity index (χ1v) is 10.3. The molecule has 1 heterocycles. The van der Waals surface area contributed by atoms with E-state index in [0.717, 1.165) is 30.6 Å². The first-order chi connectivity index (χ1) is 14.8. The van der Waals surface area contributed by atoms with Gasteiger partial charge in [-0.05, 0) is 62.4 Å². The van der Waals surface area contributed by atoms with Crippen molar-refractivity contribution in [2.24, 2.45) is 0 Å². The van der Waals surface area contributed by atoms with Crippen LogP contribution in [-0.2, 0) is 15.1 Å². The van der Waals surface area contributed by atoms with Crippen molar-refractivity contribution >= 4 is 23.5 Å². The van der Waals surface area contributed by atoms with Gasteiger partial charge in [0.1, 0.15) is 23.7 Å². The third-order valence-electron chi connectivity index (χ3n) is 5.72. The highest BCUT2D eigenvalue weighted by molar-refractivity contribution is 6.10. The molecule has 162 valence electrons. The van der Waals surface area contributed by atoms with Crippen molar-refractivity contribution in [1.29, 1.82) is 0 Å². The first kappa shape index (κ1) is 20.8. The molecule has 0 aromatic heterocycles. The van der Waals surface area contributed by atoms with Gasteiger partial charge in [-0.1, -0.05) is 18.2 Å². The maximum atomic E-state index is 13.2. The topological polar surface area (TPSA) is 87.7 Å². The number of carbonyl (C=O) groups excluding carboxylic acids is 3. The molecule has 2 fully saturated rings. The number of urea groups is 1. The Labute approximate surface area is 179 Å². The molecule has 4 rings (SSSR count). The average molecular weight is 425 g/mol. The van der Waals surface area contributed by atoms with Crippen LogP contribution in [0.1, 0.15) is 38.2 Å². The van der Waals surface area contributed by atoms with Crippen LogP contribution in [0.25, 0.3) is 0 Å². The van der Waals surface area contributed by atoms with Gasteiger partial charge < -0.3 is 15.4 Å². The molecule has 1 saturated heterocycles. The van der Waals surface area contributed by atoms with Crippen molar-refractivity contribution < 1.29 is 23.5 Å². The molecule has 1 atom stereocenters. The zero-order valence-corrected chi connectivity index (χ0v) is 17.2. The summed E-state index contributed by atoms with van der Waals surface area (Å²) < 4.78 is 19.2. The molecule has 2 aromatic carbocycles. The molecule has 0 bridgehead atoms. The van der Waals surface area contributed by atoms with Crippen LogP contribution in [0, 0.1) is 5.82 Å². The van der Waals surface area contributed by atoms with Crippen LogP contribution in [0.4, 0.5) is 14.9 Å². The van der Waals surface area contributed by atoms with E-state index in [9.17, 15) is 18.8 Å². The molecular formula is C23H24FN3O4. The number of amides is 4. The Morgan fingerprint density at radius 2 is 1.90 bits per heavy atom. The van der Waals surface area contributed by atoms with Crippen molar-refractivity contribution in [1.82, 2.24) is 10.2 Å². The zero-order valence-electron chi connectivity index (χ0n) is 17.2. The summed E-state index contributed by atoms with van der Waals surface area (Å²) in [4.78, 5) is 38.7. The van der Waals surface area contributed by atoms with E-state index in [1.165, 1.54) is 31.2 Å². The molecule has 1 aliphatic carbocycles. The summed E-state index contributed by atoms with van der Waals surface area (Å²) in [5, 5.41) is 5.31. The fourth-order valence-corrected chi connectivity index (χ4v) is 4.01. The standard InChI is InChI=1S/C23H24FN3O4/c1-23(15-9-11-16(24)12-10-15)21(29)27(22(30)26-23)14-20(28)25-17-5-4-8-19(13-17)31-18-6-2-3-7-18/h4-5,8-13,18H,2-3,6-7,14H2,1H3,(H,25,28)(H,26,30). The number of hydrogen-bond donors (Lipinski definition) is 2. The highest BCUT2D eigenvalue weighted by Gasteiger charge is 2.49. The lowest BCUT2D eigenvalue weighted by Gasteiger charge is -2.22. The van der Waals surface area contributed by atoms with Gasteiger partial charge >= 0.3 is 6.03 Å². The minimum atomic E-state index is -1.36. The number of halogens is 1. The van der Waals surface area contributed by atoms with Crippen LogP contribution < -0.4 is 15.4 Å². The summed E-state index contributed by atoms with van der Waals surface area (Å²) in [6.07, 6.45) is 4.56. The molecule has 0 radical (unpaired) electrons. The number of anilines is 1. The third-order valence-corrected chi connectivity index (χ3v) is 5.72. The monoisotopic (exact) mass is 425 g/mol. The average Bonchev–Trinajstić information content (AvgIpc) is 3.31. The van der Waals surface area contributed by atoms with Gasteiger partial charge in [-0.2, -0.15) is 0 Å². The van der Waals surface area contributed by atoms with Gasteiger partial charge in [-0.15, -0.1) is 0 Å². The van der Waals surface area contributed by atoms with E-state index in [0.29, 0.717) is 17.0 Å². The number of ether oxygens (including phenoxy) is 1. The van der Waals surface area contributed by atoms with Crippen molar-refractivity contribution in [3.05, 3.63) is 59.9 Å². The van der Waals surface area contributed by atoms with E-state index in [1.807, 2.05) is 6.07 Å². The molecule has 4 amide bonds. The van der Waals surface area contributed by atoms with E-state index in [2.05, 4.69) is 10.6 Å². The first-order valence-electron chi connectivity index (χ1n) is 10.3. The van der Waals surface area contributed by atoms with E-state index in [1.54, 1.807) is 18.2 Å². The largest absolute Gasteiger partial charge is 0.490 e. The fraction of sp³-hybridized carbons (Fsp3) is 0.348. The minimum absolute atomic E-state index is 0.195. The maximum absolute atomic E-state index is 13.2. The second-order valence-electron chi connectivity index (χ2n) is 8.05. The Hall–Kier alpha value is -3.42. The number of benzene rings is 2. The summed E-state index contributed by atoms with van der Waals surface area (Å²) in [6.45, 7) is 1.09. The van der Waals surface area contributed by atoms with Gasteiger partial charge in [0.15, 0.2) is 0 Å². The number of hydrogen-bond acceptors (Lipinski definition) is 4. The van der Waals surface area contributed by atoms with Gasteiger partial charge in [0.25, 0.3) is 5.91 Å². The van der Waals surface area contributed by atoms with Crippen molar-refractivity contribution in [2.75, 3.05) is 11.9 Å². The summed E-state index contributed by atoms with van der Waals surface area (Å²) in [5.41, 5.74) is -0.402. The molecule has 0 spiro atoms. The van der Waals surface area contributed by atoms with Gasteiger partial charge in [0.05, 0.1) is 6.10 Å². The smallest absolute Gasteiger partial charge is 0.325 e. The van der Waals surface area contributed by atoms with Gasteiger partial charge in [0, 0.05) is 11.8 Å². The lowest BCUT2D eigenvalue weighted by molar-refractivity contribution is -0.133. The maximum Gasteiger partial charge on any atom is 0.325 e. The Balaban J connectivity index is 1.41. The second kappa shape index (κ2) is 8.37. The van der Waals surface area contributed by atoms with Crippen LogP contribution in [0.2, 0.25) is 0 Å². The Morgan fingerprint density at radius 3 is 2.61 bits per heavy atom. The quantitative estimate of drug-likeness (QED) is 0.693. The van der Waals surface area contributed by atoms with E-state index >= 15 is 0 Å². The van der Waals surface area contributed by atoms with Crippen LogP contribution in [-0.4, -0.2) is 35.4 Å². The third kappa shape index (κ3) is 4.38. The van der Waals surface area contributed by atoms with Crippen molar-refractivity contribution in [3.63, 3.8) is 0 Å². The number of carbonyl (C=O) groups is 3. The number of rotatable bonds is 6. The Kier molecular flexibility index (Phi) is 5.63. The summed E-state index contributed by atoms with van der Waals surface area (Å²) >= 11 is 0. The molecule has 2 N–H and O–H groups in total. The summed E-state index contributed by atoms with van der Waals surface area (Å²) in [6, 6.07) is 11.7. The molecule has 7 nitrogen and oxygen atoms in total. The van der Waals surface area contributed by atoms with Crippen LogP contribution in [0.5, 0.6) is 5.75 Å². The number of nitrogens with one attached hydrogen (secondary N) is 2. The highest BCUT2D eigenvalue weighted by Crippen LogP contribution is 2.29. The molecule has 2 aliphatic rings. The molecule has 8 heteroatoms. The van der Waals surface area contributed by atoms with E-state index in [-0.39, 0.29) is 6.10 Å². The Bertz CT molecular complexity index is 1000. The number of imide groups is 1. The fourth-order valence-electron chi connectivity index (χ4n) is 4.01. The normalized spacial score (nSPS) is 21.3. The predicted molar refractivity (Wildman–Crippen MR) is 112 cm³/mol. The minimum Gasteiger partial charge on any atom is -0.490 e. The molecular weight excluding hydrogens is 401 g/mol. The summed E-state index contributed by atoms with van der Waals surface area (Å²) in [7, 11) is 0. The summed E-state index contributed by atoms with van der Waals surface area (Å²) in [5.74, 6) is -0.856. The predicted octanol–water partition coefficient (Wildman–Crippen LogP) is 3.55. The van der Waals surface area contributed by atoms with Gasteiger partial charge in [-0.3, -0.25) is 14.5 Å². The van der Waals surface area contributed by atoms with E-state index < -0.39 is 35.7 Å². The lowest BCUT2D eigenvalue weighted by atomic mass is 9.92. The van der Waals surface area contributed by atoms with Crippen LogP contribution >= 0.6 is 0 Å². The highest BCUT2D eigenvalue weighted by atomic mass is 19.1. The molecule has 1 saturated carbocycles. The van der Waals surface area contributed by atoms with Gasteiger partial charge in [0.2, 0.25) is 5.91 Å². The molecule has 1 aliphatic heterocycles. The van der Waals surface area contributed by atoms with Crippen molar-refractivity contribution in [3.8, 4) is 5.75 Å². The Morgan fingerprint density at radius 1 is 1.19 bits per heavy atom.